The summed E-state index contributed by atoms with van der Waals surface area (Å²) in [5, 5.41) is 14.7. The lowest BCUT2D eigenvalue weighted by atomic mass is 9.98. The molecule has 2 atom stereocenters. The van der Waals surface area contributed by atoms with E-state index in [4.69, 9.17) is 14.3 Å². The Morgan fingerprint density at radius 3 is 2.40 bits per heavy atom. The fraction of sp³-hybridized carbons (Fsp3) is 0.308. The Labute approximate surface area is 201 Å². The van der Waals surface area contributed by atoms with Crippen LogP contribution < -0.4 is 10.6 Å². The molecule has 3 aromatic rings. The van der Waals surface area contributed by atoms with Gasteiger partial charge in [-0.15, -0.1) is 0 Å². The van der Waals surface area contributed by atoms with E-state index in [-0.39, 0.29) is 48.4 Å². The van der Waals surface area contributed by atoms with Crippen molar-refractivity contribution in [1.82, 2.24) is 15.6 Å². The van der Waals surface area contributed by atoms with Gasteiger partial charge in [-0.2, -0.15) is 0 Å². The molecule has 2 unspecified atom stereocenters. The highest BCUT2D eigenvalue weighted by molar-refractivity contribution is 5.86. The van der Waals surface area contributed by atoms with Crippen LogP contribution in [-0.4, -0.2) is 40.7 Å². The number of nitrogens with one attached hydrogen (secondary N) is 2. The topological polar surface area (TPSA) is 131 Å². The van der Waals surface area contributed by atoms with Crippen LogP contribution in [0.3, 0.4) is 0 Å². The Hall–Kier alpha value is -4.14. The van der Waals surface area contributed by atoms with E-state index in [0.717, 1.165) is 17.5 Å². The van der Waals surface area contributed by atoms with Gasteiger partial charge < -0.3 is 24.9 Å². The maximum absolute atomic E-state index is 12.5. The summed E-state index contributed by atoms with van der Waals surface area (Å²) in [4.78, 5) is 39.8. The van der Waals surface area contributed by atoms with Crippen molar-refractivity contribution in [2.24, 2.45) is 5.92 Å². The molecule has 0 aliphatic heterocycles. The standard InChI is InChI=1S/C26H25N3O6/c30-24(27-12-22-23(25(31)32)28-14-35-22)15-9-10-16(11-15)29-26(33)34-13-21-19-7-3-1-5-17(19)18-6-2-4-8-20(18)21/h1-8,14-16,21H,9-13H2,(H,27,30)(H,29,33)(H,31,32). The summed E-state index contributed by atoms with van der Waals surface area (Å²) in [5.74, 6) is -1.63. The number of ether oxygens (including phenoxy) is 1. The van der Waals surface area contributed by atoms with Crippen LogP contribution in [-0.2, 0) is 16.1 Å². The number of carboxylic acid groups (broad SMARTS) is 1. The van der Waals surface area contributed by atoms with Crippen LogP contribution in [0, 0.1) is 5.92 Å². The lowest BCUT2D eigenvalue weighted by molar-refractivity contribution is -0.125. The average Bonchev–Trinajstić information content (AvgIpc) is 3.59. The van der Waals surface area contributed by atoms with Gasteiger partial charge in [0, 0.05) is 17.9 Å². The van der Waals surface area contributed by atoms with E-state index in [9.17, 15) is 14.4 Å². The summed E-state index contributed by atoms with van der Waals surface area (Å²) in [6.45, 7) is 0.182. The van der Waals surface area contributed by atoms with Gasteiger partial charge in [-0.05, 0) is 41.5 Å². The summed E-state index contributed by atoms with van der Waals surface area (Å²) in [6, 6.07) is 16.1. The van der Waals surface area contributed by atoms with Crippen LogP contribution in [0.2, 0.25) is 0 Å². The van der Waals surface area contributed by atoms with Gasteiger partial charge >= 0.3 is 12.1 Å². The van der Waals surface area contributed by atoms with E-state index in [1.165, 1.54) is 11.1 Å². The zero-order valence-electron chi connectivity index (χ0n) is 18.9. The van der Waals surface area contributed by atoms with Crippen LogP contribution in [0.15, 0.2) is 59.3 Å². The third-order valence-corrected chi connectivity index (χ3v) is 6.74. The Bertz CT molecular complexity index is 1220. The van der Waals surface area contributed by atoms with Crippen LogP contribution in [0.4, 0.5) is 4.79 Å². The van der Waals surface area contributed by atoms with Gasteiger partial charge in [0.25, 0.3) is 0 Å². The molecule has 9 heteroatoms. The number of fused-ring (bicyclic) bond motifs is 3. The SMILES string of the molecule is O=C(NC1CCC(C(=O)NCc2ocnc2C(=O)O)C1)OCC1c2ccccc2-c2ccccc21. The Morgan fingerprint density at radius 1 is 1.03 bits per heavy atom. The summed E-state index contributed by atoms with van der Waals surface area (Å²) < 4.78 is 10.6. The Kier molecular flexibility index (Phi) is 6.22. The molecule has 3 N–H and O–H groups in total. The number of aromatic nitrogens is 1. The molecule has 35 heavy (non-hydrogen) atoms. The zero-order valence-corrected chi connectivity index (χ0v) is 18.9. The van der Waals surface area contributed by atoms with Crippen molar-refractivity contribution >= 4 is 18.0 Å². The van der Waals surface area contributed by atoms with Crippen LogP contribution in [0.25, 0.3) is 11.1 Å². The maximum atomic E-state index is 12.5. The third kappa shape index (κ3) is 4.62. The van der Waals surface area contributed by atoms with E-state index in [1.807, 2.05) is 24.3 Å². The van der Waals surface area contributed by atoms with E-state index >= 15 is 0 Å². The first kappa shape index (κ1) is 22.6. The highest BCUT2D eigenvalue weighted by atomic mass is 16.5. The van der Waals surface area contributed by atoms with Gasteiger partial charge in [0.05, 0.1) is 6.54 Å². The monoisotopic (exact) mass is 475 g/mol. The Morgan fingerprint density at radius 2 is 1.71 bits per heavy atom. The quantitative estimate of drug-likeness (QED) is 0.475. The molecule has 2 aliphatic rings. The molecule has 2 aliphatic carbocycles. The second-order valence-corrected chi connectivity index (χ2v) is 8.82. The largest absolute Gasteiger partial charge is 0.476 e. The fourth-order valence-electron chi connectivity index (χ4n) is 5.04. The van der Waals surface area contributed by atoms with E-state index < -0.39 is 12.1 Å². The van der Waals surface area contributed by atoms with Gasteiger partial charge in [0.1, 0.15) is 6.61 Å². The van der Waals surface area contributed by atoms with Crippen LogP contribution >= 0.6 is 0 Å². The van der Waals surface area contributed by atoms with E-state index in [1.54, 1.807) is 0 Å². The lowest BCUT2D eigenvalue weighted by Gasteiger charge is -2.17. The number of nitrogens with zero attached hydrogens (tertiary/aromatic N) is 1. The van der Waals surface area contributed by atoms with Crippen molar-refractivity contribution in [2.75, 3.05) is 6.61 Å². The first-order valence-electron chi connectivity index (χ1n) is 11.6. The second-order valence-electron chi connectivity index (χ2n) is 8.82. The number of oxazole rings is 1. The number of hydrogen-bond acceptors (Lipinski definition) is 6. The molecular weight excluding hydrogens is 450 g/mol. The highest BCUT2D eigenvalue weighted by Gasteiger charge is 2.33. The first-order valence-corrected chi connectivity index (χ1v) is 11.6. The Balaban J connectivity index is 1.11. The molecule has 0 saturated heterocycles. The summed E-state index contributed by atoms with van der Waals surface area (Å²) in [7, 11) is 0. The predicted octanol–water partition coefficient (Wildman–Crippen LogP) is 3.70. The van der Waals surface area contributed by atoms with Gasteiger partial charge in [-0.1, -0.05) is 48.5 Å². The minimum Gasteiger partial charge on any atom is -0.476 e. The first-order chi connectivity index (χ1) is 17.0. The molecule has 0 radical (unpaired) electrons. The maximum Gasteiger partial charge on any atom is 0.407 e. The second kappa shape index (κ2) is 9.61. The smallest absolute Gasteiger partial charge is 0.407 e. The minimum atomic E-state index is -1.21. The number of carboxylic acids is 1. The zero-order chi connectivity index (χ0) is 24.4. The molecule has 0 bridgehead atoms. The van der Waals surface area contributed by atoms with Gasteiger partial charge in [-0.25, -0.2) is 14.6 Å². The number of alkyl carbamates (subject to hydrolysis) is 1. The molecule has 1 heterocycles. The number of carbonyl (C=O) groups is 3. The molecule has 1 fully saturated rings. The third-order valence-electron chi connectivity index (χ3n) is 6.74. The lowest BCUT2D eigenvalue weighted by Crippen LogP contribution is -2.35. The molecule has 1 aromatic heterocycles. The number of hydrogen-bond donors (Lipinski definition) is 3. The van der Waals surface area contributed by atoms with Gasteiger partial charge in [-0.3, -0.25) is 4.79 Å². The van der Waals surface area contributed by atoms with Gasteiger partial charge in [0.15, 0.2) is 17.8 Å². The van der Waals surface area contributed by atoms with Crippen molar-refractivity contribution in [1.29, 1.82) is 0 Å². The summed E-state index contributed by atoms with van der Waals surface area (Å²) >= 11 is 0. The van der Waals surface area contributed by atoms with Crippen molar-refractivity contribution in [2.45, 2.75) is 37.8 Å². The molecule has 2 amide bonds. The van der Waals surface area contributed by atoms with Crippen molar-refractivity contribution < 1.29 is 28.6 Å². The molecule has 9 nitrogen and oxygen atoms in total. The molecule has 0 spiro atoms. The van der Waals surface area contributed by atoms with E-state index in [2.05, 4.69) is 39.9 Å². The van der Waals surface area contributed by atoms with Crippen molar-refractivity contribution in [3.63, 3.8) is 0 Å². The normalized spacial score (nSPS) is 18.5. The molecule has 1 saturated carbocycles. The predicted molar refractivity (Wildman–Crippen MR) is 125 cm³/mol. The minimum absolute atomic E-state index is 0.0120. The van der Waals surface area contributed by atoms with Crippen molar-refractivity contribution in [3.8, 4) is 11.1 Å². The van der Waals surface area contributed by atoms with Gasteiger partial charge in [0.2, 0.25) is 5.91 Å². The van der Waals surface area contributed by atoms with E-state index in [0.29, 0.717) is 19.3 Å². The number of aromatic carboxylic acids is 1. The molecular formula is C26H25N3O6. The number of benzene rings is 2. The average molecular weight is 476 g/mol. The summed E-state index contributed by atoms with van der Waals surface area (Å²) in [6.07, 6.45) is 2.30. The summed E-state index contributed by atoms with van der Waals surface area (Å²) in [5.41, 5.74) is 4.42. The molecule has 180 valence electrons. The van der Waals surface area contributed by atoms with Crippen molar-refractivity contribution in [3.05, 3.63) is 77.5 Å². The molecule has 2 aromatic carbocycles. The number of rotatable bonds is 7. The van der Waals surface area contributed by atoms with Crippen LogP contribution in [0.1, 0.15) is 52.6 Å². The molecule has 5 rings (SSSR count). The number of amides is 2. The number of carbonyl (C=O) groups excluding carboxylic acids is 2. The van der Waals surface area contributed by atoms with Crippen LogP contribution in [0.5, 0.6) is 0 Å². The fourth-order valence-corrected chi connectivity index (χ4v) is 5.04. The highest BCUT2D eigenvalue weighted by Crippen LogP contribution is 2.44.